The van der Waals surface area contributed by atoms with Crippen LogP contribution in [0.25, 0.3) is 0 Å². The van der Waals surface area contributed by atoms with Crippen molar-refractivity contribution < 1.29 is 14.3 Å². The summed E-state index contributed by atoms with van der Waals surface area (Å²) in [6.45, 7) is 10.9. The van der Waals surface area contributed by atoms with Crippen molar-refractivity contribution in [3.05, 3.63) is 0 Å². The second-order valence-electron chi connectivity index (χ2n) is 8.43. The highest BCUT2D eigenvalue weighted by Gasteiger charge is 2.17. The molecule has 0 aromatic carbocycles. The molecule has 0 aromatic heterocycles. The monoisotopic (exact) mass is 370 g/mol. The molecule has 3 nitrogen and oxygen atoms in total. The molecule has 0 saturated heterocycles. The first-order valence-electron chi connectivity index (χ1n) is 11.2. The molecule has 0 heterocycles. The molecule has 0 fully saturated rings. The lowest BCUT2D eigenvalue weighted by Crippen LogP contribution is -2.16. The standard InChI is InChI=1S/C23H46O3/c1-5-7-9-11-13-15-19-26-22(24)16-20-25-21-18-23(3,4)17-14-12-10-8-6-2/h5-21H2,1-4H3. The average Bonchev–Trinajstić information content (AvgIpc) is 2.60. The number of esters is 1. The lowest BCUT2D eigenvalue weighted by Gasteiger charge is -2.24. The maximum atomic E-state index is 11.7. The number of unbranched alkanes of at least 4 members (excludes halogenated alkanes) is 9. The Balaban J connectivity index is 3.45. The van der Waals surface area contributed by atoms with Gasteiger partial charge in [0.25, 0.3) is 0 Å². The van der Waals surface area contributed by atoms with Crippen LogP contribution in [0.4, 0.5) is 0 Å². The quantitative estimate of drug-likeness (QED) is 0.180. The highest BCUT2D eigenvalue weighted by atomic mass is 16.5. The van der Waals surface area contributed by atoms with Crippen molar-refractivity contribution >= 4 is 5.97 Å². The number of ether oxygens (including phenoxy) is 2. The summed E-state index contributed by atoms with van der Waals surface area (Å²) in [4.78, 5) is 11.7. The number of rotatable bonds is 19. The molecule has 0 amide bonds. The van der Waals surface area contributed by atoms with E-state index in [-0.39, 0.29) is 5.97 Å². The highest BCUT2D eigenvalue weighted by molar-refractivity contribution is 5.69. The number of hydrogen-bond acceptors (Lipinski definition) is 3. The molecule has 0 unspecified atom stereocenters. The lowest BCUT2D eigenvalue weighted by atomic mass is 9.84. The van der Waals surface area contributed by atoms with Crippen LogP contribution in [-0.4, -0.2) is 25.8 Å². The Labute approximate surface area is 163 Å². The van der Waals surface area contributed by atoms with Gasteiger partial charge >= 0.3 is 5.97 Å². The van der Waals surface area contributed by atoms with Crippen LogP contribution < -0.4 is 0 Å². The highest BCUT2D eigenvalue weighted by Crippen LogP contribution is 2.28. The van der Waals surface area contributed by atoms with Crippen LogP contribution in [0, 0.1) is 5.41 Å². The van der Waals surface area contributed by atoms with Crippen LogP contribution in [0.5, 0.6) is 0 Å². The first-order chi connectivity index (χ1) is 12.5. The van der Waals surface area contributed by atoms with Crippen LogP contribution in [0.1, 0.15) is 118 Å². The summed E-state index contributed by atoms with van der Waals surface area (Å²) in [5.41, 5.74) is 0.338. The summed E-state index contributed by atoms with van der Waals surface area (Å²) in [5.74, 6) is -0.117. The molecule has 0 atom stereocenters. The maximum Gasteiger partial charge on any atom is 0.308 e. The normalized spacial score (nSPS) is 11.7. The minimum atomic E-state index is -0.117. The smallest absolute Gasteiger partial charge is 0.308 e. The Bertz CT molecular complexity index is 313. The van der Waals surface area contributed by atoms with Crippen LogP contribution in [0.3, 0.4) is 0 Å². The lowest BCUT2D eigenvalue weighted by molar-refractivity contribution is -0.145. The first kappa shape index (κ1) is 25.4. The minimum absolute atomic E-state index is 0.117. The van der Waals surface area contributed by atoms with Crippen molar-refractivity contribution in [1.82, 2.24) is 0 Å². The van der Waals surface area contributed by atoms with E-state index in [9.17, 15) is 4.79 Å². The fourth-order valence-electron chi connectivity index (χ4n) is 3.08. The SMILES string of the molecule is CCCCCCCCOC(=O)CCOCCC(C)(C)CCCCCCC. The Morgan fingerprint density at radius 3 is 1.92 bits per heavy atom. The zero-order chi connectivity index (χ0) is 19.5. The fourth-order valence-corrected chi connectivity index (χ4v) is 3.08. The van der Waals surface area contributed by atoms with Crippen LogP contribution >= 0.6 is 0 Å². The van der Waals surface area contributed by atoms with Gasteiger partial charge < -0.3 is 9.47 Å². The third-order valence-corrected chi connectivity index (χ3v) is 5.09. The van der Waals surface area contributed by atoms with Crippen molar-refractivity contribution in [2.45, 2.75) is 118 Å². The summed E-state index contributed by atoms with van der Waals surface area (Å²) in [7, 11) is 0. The summed E-state index contributed by atoms with van der Waals surface area (Å²) in [5, 5.41) is 0. The third-order valence-electron chi connectivity index (χ3n) is 5.09. The van der Waals surface area contributed by atoms with E-state index >= 15 is 0 Å². The predicted octanol–water partition coefficient (Wildman–Crippen LogP) is 7.07. The third kappa shape index (κ3) is 18.2. The van der Waals surface area contributed by atoms with E-state index in [1.54, 1.807) is 0 Å². The van der Waals surface area contributed by atoms with Crippen LogP contribution in [0.15, 0.2) is 0 Å². The average molecular weight is 371 g/mol. The molecule has 0 radical (unpaired) electrons. The van der Waals surface area contributed by atoms with Gasteiger partial charge in [0.1, 0.15) is 0 Å². The topological polar surface area (TPSA) is 35.5 Å². The molecule has 3 heteroatoms. The number of carbonyl (C=O) groups is 1. The summed E-state index contributed by atoms with van der Waals surface area (Å²) in [6.07, 6.45) is 16.7. The van der Waals surface area contributed by atoms with E-state index in [2.05, 4.69) is 27.7 Å². The second-order valence-corrected chi connectivity index (χ2v) is 8.43. The first-order valence-corrected chi connectivity index (χ1v) is 11.2. The van der Waals surface area contributed by atoms with Gasteiger partial charge in [-0.3, -0.25) is 4.79 Å². The Hall–Kier alpha value is -0.570. The summed E-state index contributed by atoms with van der Waals surface area (Å²) >= 11 is 0. The van der Waals surface area contributed by atoms with Crippen molar-refractivity contribution in [3.63, 3.8) is 0 Å². The Morgan fingerprint density at radius 2 is 1.27 bits per heavy atom. The van der Waals surface area contributed by atoms with Gasteiger partial charge in [0.15, 0.2) is 0 Å². The van der Waals surface area contributed by atoms with E-state index < -0.39 is 0 Å². The summed E-state index contributed by atoms with van der Waals surface area (Å²) in [6, 6.07) is 0. The van der Waals surface area contributed by atoms with E-state index in [0.29, 0.717) is 25.0 Å². The second kappa shape index (κ2) is 17.8. The van der Waals surface area contributed by atoms with E-state index in [1.807, 2.05) is 0 Å². The molecule has 0 aromatic rings. The zero-order valence-corrected chi connectivity index (χ0v) is 18.2. The molecule has 156 valence electrons. The molecule has 26 heavy (non-hydrogen) atoms. The molecule has 0 aliphatic carbocycles. The van der Waals surface area contributed by atoms with Crippen LogP contribution in [0.2, 0.25) is 0 Å². The van der Waals surface area contributed by atoms with Gasteiger partial charge in [-0.2, -0.15) is 0 Å². The molecule has 0 N–H and O–H groups in total. The van der Waals surface area contributed by atoms with E-state index in [0.717, 1.165) is 25.9 Å². The summed E-state index contributed by atoms with van der Waals surface area (Å²) < 4.78 is 10.9. The van der Waals surface area contributed by atoms with Gasteiger partial charge in [-0.15, -0.1) is 0 Å². The largest absolute Gasteiger partial charge is 0.466 e. The molecule has 0 rings (SSSR count). The molecule has 0 aliphatic heterocycles. The van der Waals surface area contributed by atoms with E-state index in [4.69, 9.17) is 9.47 Å². The number of carbonyl (C=O) groups excluding carboxylic acids is 1. The van der Waals surface area contributed by atoms with Gasteiger partial charge in [0, 0.05) is 6.61 Å². The van der Waals surface area contributed by atoms with Crippen molar-refractivity contribution in [2.75, 3.05) is 19.8 Å². The minimum Gasteiger partial charge on any atom is -0.466 e. The van der Waals surface area contributed by atoms with Gasteiger partial charge in [-0.05, 0) is 24.7 Å². The number of hydrogen-bond donors (Lipinski definition) is 0. The van der Waals surface area contributed by atoms with Gasteiger partial charge in [0.2, 0.25) is 0 Å². The molecular formula is C23H46O3. The van der Waals surface area contributed by atoms with Crippen molar-refractivity contribution in [1.29, 1.82) is 0 Å². The fraction of sp³-hybridized carbons (Fsp3) is 0.957. The molecular weight excluding hydrogens is 324 g/mol. The molecule has 0 aliphatic rings. The van der Waals surface area contributed by atoms with Gasteiger partial charge in [-0.25, -0.2) is 0 Å². The molecule has 0 saturated carbocycles. The Morgan fingerprint density at radius 1 is 0.692 bits per heavy atom. The van der Waals surface area contributed by atoms with Gasteiger partial charge in [-0.1, -0.05) is 91.9 Å². The zero-order valence-electron chi connectivity index (χ0n) is 18.2. The molecule has 0 spiro atoms. The van der Waals surface area contributed by atoms with Crippen molar-refractivity contribution in [3.8, 4) is 0 Å². The maximum absolute atomic E-state index is 11.7. The van der Waals surface area contributed by atoms with Crippen molar-refractivity contribution in [2.24, 2.45) is 5.41 Å². The van der Waals surface area contributed by atoms with Gasteiger partial charge in [0.05, 0.1) is 19.6 Å². The van der Waals surface area contributed by atoms with E-state index in [1.165, 1.54) is 64.2 Å². The Kier molecular flexibility index (Phi) is 17.4. The van der Waals surface area contributed by atoms with Crippen LogP contribution in [-0.2, 0) is 14.3 Å². The molecule has 0 bridgehead atoms. The predicted molar refractivity (Wildman–Crippen MR) is 112 cm³/mol.